The van der Waals surface area contributed by atoms with Crippen LogP contribution in [-0.4, -0.2) is 20.8 Å². The molecule has 0 atom stereocenters. The highest BCUT2D eigenvalue weighted by Gasteiger charge is 2.17. The predicted octanol–water partition coefficient (Wildman–Crippen LogP) is 4.84. The SMILES string of the molecule is Clc1cc(NC2=NCc3cccnc32)ccc1Oc1nccc2cccnc12. The number of amidine groups is 1. The van der Waals surface area contributed by atoms with Gasteiger partial charge >= 0.3 is 0 Å². The van der Waals surface area contributed by atoms with Gasteiger partial charge in [0.05, 0.1) is 11.6 Å². The molecule has 136 valence electrons. The fourth-order valence-electron chi connectivity index (χ4n) is 3.07. The quantitative estimate of drug-likeness (QED) is 0.544. The number of fused-ring (bicyclic) bond motifs is 2. The number of pyridine rings is 3. The Morgan fingerprint density at radius 3 is 2.75 bits per heavy atom. The van der Waals surface area contributed by atoms with Gasteiger partial charge in [-0.05, 0) is 36.4 Å². The Bertz CT molecular complexity index is 1220. The number of nitrogens with zero attached hydrogens (tertiary/aromatic N) is 4. The van der Waals surface area contributed by atoms with Crippen molar-refractivity contribution in [3.05, 3.63) is 83.4 Å². The lowest BCUT2D eigenvalue weighted by atomic mass is 10.2. The first-order valence-corrected chi connectivity index (χ1v) is 9.08. The van der Waals surface area contributed by atoms with Gasteiger partial charge < -0.3 is 10.1 Å². The Hall–Kier alpha value is -3.51. The average Bonchev–Trinajstić information content (AvgIpc) is 3.13. The molecule has 1 aliphatic heterocycles. The second-order valence-corrected chi connectivity index (χ2v) is 6.65. The first kappa shape index (κ1) is 16.6. The minimum atomic E-state index is 0.416. The fraction of sp³-hybridized carbons (Fsp3) is 0.0476. The van der Waals surface area contributed by atoms with E-state index in [1.807, 2.05) is 36.4 Å². The van der Waals surface area contributed by atoms with Gasteiger partial charge in [0.1, 0.15) is 17.0 Å². The molecule has 3 aromatic heterocycles. The minimum Gasteiger partial charge on any atom is -0.435 e. The van der Waals surface area contributed by atoms with Gasteiger partial charge in [0.2, 0.25) is 5.88 Å². The van der Waals surface area contributed by atoms with Gasteiger partial charge in [-0.15, -0.1) is 0 Å². The predicted molar refractivity (Wildman–Crippen MR) is 109 cm³/mol. The molecule has 6 nitrogen and oxygen atoms in total. The maximum absolute atomic E-state index is 6.45. The Kier molecular flexibility index (Phi) is 4.10. The number of halogens is 1. The van der Waals surface area contributed by atoms with Crippen LogP contribution in [0, 0.1) is 0 Å². The second-order valence-electron chi connectivity index (χ2n) is 6.24. The topological polar surface area (TPSA) is 72.3 Å². The van der Waals surface area contributed by atoms with Crippen molar-refractivity contribution in [2.24, 2.45) is 4.99 Å². The summed E-state index contributed by atoms with van der Waals surface area (Å²) >= 11 is 6.45. The molecule has 0 spiro atoms. The van der Waals surface area contributed by atoms with E-state index in [4.69, 9.17) is 16.3 Å². The van der Waals surface area contributed by atoms with Crippen molar-refractivity contribution in [3.63, 3.8) is 0 Å². The van der Waals surface area contributed by atoms with Gasteiger partial charge in [0, 0.05) is 35.2 Å². The number of rotatable bonds is 3. The molecule has 0 aliphatic carbocycles. The first-order valence-electron chi connectivity index (χ1n) is 8.71. The van der Waals surface area contributed by atoms with Crippen molar-refractivity contribution >= 4 is 34.0 Å². The lowest BCUT2D eigenvalue weighted by Gasteiger charge is -2.11. The van der Waals surface area contributed by atoms with Crippen LogP contribution in [0.1, 0.15) is 11.3 Å². The molecule has 28 heavy (non-hydrogen) atoms. The van der Waals surface area contributed by atoms with Gasteiger partial charge in [0.15, 0.2) is 5.84 Å². The van der Waals surface area contributed by atoms with E-state index in [2.05, 4.69) is 25.3 Å². The average molecular weight is 388 g/mol. The number of hydrogen-bond donors (Lipinski definition) is 1. The maximum atomic E-state index is 6.45. The fourth-order valence-corrected chi connectivity index (χ4v) is 3.29. The molecule has 1 aliphatic rings. The van der Waals surface area contributed by atoms with Crippen molar-refractivity contribution < 1.29 is 4.74 Å². The van der Waals surface area contributed by atoms with Crippen molar-refractivity contribution in [2.45, 2.75) is 6.54 Å². The van der Waals surface area contributed by atoms with Crippen LogP contribution in [0.4, 0.5) is 5.69 Å². The third-order valence-electron chi connectivity index (χ3n) is 4.41. The van der Waals surface area contributed by atoms with Gasteiger partial charge in [-0.25, -0.2) is 4.98 Å². The van der Waals surface area contributed by atoms with Crippen molar-refractivity contribution in [1.29, 1.82) is 0 Å². The molecule has 0 saturated heterocycles. The minimum absolute atomic E-state index is 0.416. The Morgan fingerprint density at radius 1 is 0.929 bits per heavy atom. The normalized spacial score (nSPS) is 12.5. The van der Waals surface area contributed by atoms with Crippen LogP contribution in [0.5, 0.6) is 11.6 Å². The summed E-state index contributed by atoms with van der Waals surface area (Å²) < 4.78 is 5.93. The van der Waals surface area contributed by atoms with Crippen molar-refractivity contribution in [3.8, 4) is 11.6 Å². The number of anilines is 1. The molecule has 7 heteroatoms. The Labute approximate surface area is 165 Å². The zero-order valence-electron chi connectivity index (χ0n) is 14.6. The summed E-state index contributed by atoms with van der Waals surface area (Å²) in [6.45, 7) is 0.625. The summed E-state index contributed by atoms with van der Waals surface area (Å²) in [6, 6.07) is 15.1. The maximum Gasteiger partial charge on any atom is 0.246 e. The van der Waals surface area contributed by atoms with Gasteiger partial charge in [-0.2, -0.15) is 0 Å². The highest BCUT2D eigenvalue weighted by Crippen LogP contribution is 2.33. The van der Waals surface area contributed by atoms with Crippen molar-refractivity contribution in [2.75, 3.05) is 5.32 Å². The monoisotopic (exact) mass is 387 g/mol. The summed E-state index contributed by atoms with van der Waals surface area (Å²) in [5.74, 6) is 1.66. The molecule has 5 rings (SSSR count). The van der Waals surface area contributed by atoms with E-state index >= 15 is 0 Å². The molecule has 0 saturated carbocycles. The van der Waals surface area contributed by atoms with E-state index < -0.39 is 0 Å². The van der Waals surface area contributed by atoms with Crippen LogP contribution >= 0.6 is 11.6 Å². The molecule has 4 aromatic rings. The van der Waals surface area contributed by atoms with Crippen LogP contribution in [0.25, 0.3) is 10.9 Å². The smallest absolute Gasteiger partial charge is 0.246 e. The van der Waals surface area contributed by atoms with Crippen LogP contribution in [-0.2, 0) is 6.54 Å². The summed E-state index contributed by atoms with van der Waals surface area (Å²) in [5.41, 5.74) is 3.46. The number of aromatic nitrogens is 3. The van der Waals surface area contributed by atoms with Crippen LogP contribution < -0.4 is 10.1 Å². The number of ether oxygens (including phenoxy) is 1. The van der Waals surface area contributed by atoms with Gasteiger partial charge in [0.25, 0.3) is 0 Å². The molecule has 1 N–H and O–H groups in total. The van der Waals surface area contributed by atoms with E-state index in [0.717, 1.165) is 28.2 Å². The van der Waals surface area contributed by atoms with E-state index in [0.29, 0.717) is 28.7 Å². The van der Waals surface area contributed by atoms with Crippen LogP contribution in [0.3, 0.4) is 0 Å². The second kappa shape index (κ2) is 6.90. The third-order valence-corrected chi connectivity index (χ3v) is 4.71. The van der Waals surface area contributed by atoms with Crippen LogP contribution in [0.2, 0.25) is 5.02 Å². The third kappa shape index (κ3) is 3.04. The number of nitrogens with one attached hydrogen (secondary N) is 1. The highest BCUT2D eigenvalue weighted by molar-refractivity contribution is 6.32. The zero-order chi connectivity index (χ0) is 18.9. The molecule has 0 fully saturated rings. The van der Waals surface area contributed by atoms with Crippen molar-refractivity contribution in [1.82, 2.24) is 15.0 Å². The molecule has 0 amide bonds. The summed E-state index contributed by atoms with van der Waals surface area (Å²) in [6.07, 6.45) is 5.15. The van der Waals surface area contributed by atoms with E-state index in [1.54, 1.807) is 30.7 Å². The lowest BCUT2D eigenvalue weighted by Crippen LogP contribution is -2.13. The summed E-state index contributed by atoms with van der Waals surface area (Å²) in [7, 11) is 0. The number of aliphatic imine (C=N–C) groups is 1. The highest BCUT2D eigenvalue weighted by atomic mass is 35.5. The molecular formula is C21H14ClN5O. The molecule has 0 radical (unpaired) electrons. The van der Waals surface area contributed by atoms with Gasteiger partial charge in [-0.1, -0.05) is 23.7 Å². The van der Waals surface area contributed by atoms with Gasteiger partial charge in [-0.3, -0.25) is 15.0 Å². The Morgan fingerprint density at radius 2 is 1.82 bits per heavy atom. The zero-order valence-corrected chi connectivity index (χ0v) is 15.4. The summed E-state index contributed by atoms with van der Waals surface area (Å²) in [4.78, 5) is 17.5. The molecule has 0 unspecified atom stereocenters. The van der Waals surface area contributed by atoms with Crippen LogP contribution in [0.15, 0.2) is 72.1 Å². The standard InChI is InChI=1S/C21H14ClN5O/c22-16-11-15(27-20-18-14(12-26-20)4-2-8-23-18)5-6-17(16)28-21-19-13(7-10-25-21)3-1-9-24-19/h1-11H,12H2,(H,26,27). The molecule has 0 bridgehead atoms. The molecular weight excluding hydrogens is 374 g/mol. The summed E-state index contributed by atoms with van der Waals surface area (Å²) in [5, 5.41) is 4.69. The lowest BCUT2D eigenvalue weighted by molar-refractivity contribution is 0.468. The van der Waals surface area contributed by atoms with E-state index in [1.165, 1.54) is 0 Å². The number of hydrogen-bond acceptors (Lipinski definition) is 6. The molecule has 1 aromatic carbocycles. The number of benzene rings is 1. The van der Waals surface area contributed by atoms with E-state index in [-0.39, 0.29) is 0 Å². The Balaban J connectivity index is 1.40. The van der Waals surface area contributed by atoms with E-state index in [9.17, 15) is 0 Å². The molecule has 4 heterocycles. The first-order chi connectivity index (χ1) is 13.8. The largest absolute Gasteiger partial charge is 0.435 e.